The van der Waals surface area contributed by atoms with Gasteiger partial charge in [0, 0.05) is 52.0 Å². The molecule has 0 aliphatic carbocycles. The third-order valence-electron chi connectivity index (χ3n) is 9.10. The van der Waals surface area contributed by atoms with Crippen LogP contribution in [0.5, 0.6) is 0 Å². The van der Waals surface area contributed by atoms with E-state index in [1.807, 2.05) is 59.2 Å². The van der Waals surface area contributed by atoms with Crippen molar-refractivity contribution in [1.29, 1.82) is 0 Å². The molecular weight excluding hydrogens is 614 g/mol. The van der Waals surface area contributed by atoms with Gasteiger partial charge >= 0.3 is 12.4 Å². The van der Waals surface area contributed by atoms with Crippen LogP contribution in [0.25, 0.3) is 50.2 Å². The maximum absolute atomic E-state index is 15.1. The predicted octanol–water partition coefficient (Wildman–Crippen LogP) is 9.61. The van der Waals surface area contributed by atoms with Gasteiger partial charge in [-0.2, -0.15) is 26.3 Å². The molecule has 0 unspecified atom stereocenters. The molecule has 47 heavy (non-hydrogen) atoms. The van der Waals surface area contributed by atoms with Crippen LogP contribution in [0, 0.1) is 0 Å². The molecule has 3 aromatic heterocycles. The lowest BCUT2D eigenvalue weighted by molar-refractivity contribution is -0.288. The molecule has 0 fully saturated rings. The summed E-state index contributed by atoms with van der Waals surface area (Å²) in [6.45, 7) is 0.546. The smallest absolute Gasteiger partial charge is 0.387 e. The zero-order valence-electron chi connectivity index (χ0n) is 24.4. The molecule has 0 atom stereocenters. The molecule has 8 rings (SSSR count). The number of hydrogen-bond donors (Lipinski definition) is 1. The first-order valence-electron chi connectivity index (χ1n) is 14.8. The summed E-state index contributed by atoms with van der Waals surface area (Å²) in [7, 11) is 0. The molecule has 1 aliphatic heterocycles. The van der Waals surface area contributed by atoms with Gasteiger partial charge in [-0.25, -0.2) is 0 Å². The fourth-order valence-electron chi connectivity index (χ4n) is 7.06. The first-order chi connectivity index (χ1) is 22.6. The second-order valence-corrected chi connectivity index (χ2v) is 11.5. The lowest BCUT2D eigenvalue weighted by atomic mass is 9.73. The molecule has 0 bridgehead atoms. The van der Waals surface area contributed by atoms with Crippen LogP contribution >= 0.6 is 0 Å². The monoisotopic (exact) mass is 638 g/mol. The number of para-hydroxylation sites is 2. The Morgan fingerprint density at radius 1 is 0.574 bits per heavy atom. The Balaban J connectivity index is 1.28. The van der Waals surface area contributed by atoms with Gasteiger partial charge in [0.05, 0.1) is 22.2 Å². The molecule has 0 saturated carbocycles. The molecular formula is C37H24F6N4. The van der Waals surface area contributed by atoms with Gasteiger partial charge in [0.1, 0.15) is 0 Å². The van der Waals surface area contributed by atoms with Crippen molar-refractivity contribution < 1.29 is 26.3 Å². The second-order valence-electron chi connectivity index (χ2n) is 11.5. The molecule has 4 aromatic carbocycles. The van der Waals surface area contributed by atoms with E-state index in [1.165, 1.54) is 24.3 Å². The highest BCUT2D eigenvalue weighted by Gasteiger charge is 2.72. The Bertz CT molecular complexity index is 2260. The summed E-state index contributed by atoms with van der Waals surface area (Å²) in [6, 6.07) is 25.7. The summed E-state index contributed by atoms with van der Waals surface area (Å²) in [5.74, 6) is 0. The average Bonchev–Trinajstić information content (AvgIpc) is 3.58. The van der Waals surface area contributed by atoms with E-state index in [-0.39, 0.29) is 0 Å². The normalized spacial score (nSPS) is 13.7. The van der Waals surface area contributed by atoms with Crippen LogP contribution in [0.4, 0.5) is 26.3 Å². The summed E-state index contributed by atoms with van der Waals surface area (Å²) >= 11 is 0. The van der Waals surface area contributed by atoms with Crippen molar-refractivity contribution in [2.24, 2.45) is 0 Å². The number of rotatable bonds is 4. The molecule has 7 aromatic rings. The quantitative estimate of drug-likeness (QED) is 0.195. The molecule has 4 heterocycles. The van der Waals surface area contributed by atoms with Gasteiger partial charge in [0.25, 0.3) is 0 Å². The van der Waals surface area contributed by atoms with Gasteiger partial charge in [-0.1, -0.05) is 60.7 Å². The molecule has 0 amide bonds. The maximum Gasteiger partial charge on any atom is 0.411 e. The van der Waals surface area contributed by atoms with E-state index in [0.717, 1.165) is 68.2 Å². The van der Waals surface area contributed by atoms with Gasteiger partial charge in [0.15, 0.2) is 0 Å². The molecule has 1 N–H and O–H groups in total. The van der Waals surface area contributed by atoms with Gasteiger partial charge in [-0.3, -0.25) is 4.98 Å². The number of fused-ring (bicyclic) bond motifs is 6. The van der Waals surface area contributed by atoms with E-state index in [0.29, 0.717) is 17.9 Å². The minimum absolute atomic E-state index is 0.423. The van der Waals surface area contributed by atoms with E-state index in [9.17, 15) is 0 Å². The number of alkyl halides is 6. The Hall–Kier alpha value is -5.51. The molecule has 0 spiro atoms. The van der Waals surface area contributed by atoms with Crippen molar-refractivity contribution >= 4 is 38.8 Å². The number of pyridine rings is 1. The SMILES string of the molecule is FC(F)(F)C(c1ccc(-n2c3c(c4ccccc42)CNC=C3)cc1)(c1ccc(-n2c3ccccc3c3cnccc32)cc1)C(F)(F)F. The minimum Gasteiger partial charge on any atom is -0.387 e. The number of halogens is 6. The van der Waals surface area contributed by atoms with Gasteiger partial charge in [-0.15, -0.1) is 0 Å². The lowest BCUT2D eigenvalue weighted by Gasteiger charge is -2.38. The van der Waals surface area contributed by atoms with Gasteiger partial charge in [-0.05, 0) is 65.9 Å². The number of nitrogens with one attached hydrogen (secondary N) is 1. The maximum atomic E-state index is 15.1. The lowest BCUT2D eigenvalue weighted by Crippen LogP contribution is -2.54. The van der Waals surface area contributed by atoms with Gasteiger partial charge < -0.3 is 14.5 Å². The van der Waals surface area contributed by atoms with Crippen LogP contribution in [0.1, 0.15) is 22.4 Å². The molecule has 10 heteroatoms. The van der Waals surface area contributed by atoms with Gasteiger partial charge in [0.2, 0.25) is 5.41 Å². The Morgan fingerprint density at radius 2 is 1.11 bits per heavy atom. The summed E-state index contributed by atoms with van der Waals surface area (Å²) in [5.41, 5.74) is -1.15. The van der Waals surface area contributed by atoms with Crippen molar-refractivity contribution in [1.82, 2.24) is 19.4 Å². The third-order valence-corrected chi connectivity index (χ3v) is 9.10. The molecule has 0 saturated heterocycles. The zero-order chi connectivity index (χ0) is 32.6. The Labute approximate surface area is 264 Å². The van der Waals surface area contributed by atoms with Crippen molar-refractivity contribution in [2.45, 2.75) is 24.3 Å². The van der Waals surface area contributed by atoms with E-state index in [2.05, 4.69) is 10.3 Å². The second kappa shape index (κ2) is 10.2. The summed E-state index contributed by atoms with van der Waals surface area (Å²) < 4.78 is 94.2. The van der Waals surface area contributed by atoms with Crippen LogP contribution in [0.2, 0.25) is 0 Å². The van der Waals surface area contributed by atoms with E-state index in [4.69, 9.17) is 0 Å². The highest BCUT2D eigenvalue weighted by Crippen LogP contribution is 2.56. The largest absolute Gasteiger partial charge is 0.411 e. The van der Waals surface area contributed by atoms with Crippen molar-refractivity contribution in [3.8, 4) is 11.4 Å². The minimum atomic E-state index is -5.71. The van der Waals surface area contributed by atoms with Crippen LogP contribution in [0.3, 0.4) is 0 Å². The van der Waals surface area contributed by atoms with Crippen LogP contribution in [-0.2, 0) is 12.0 Å². The average molecular weight is 639 g/mol. The first kappa shape index (κ1) is 28.9. The molecule has 0 radical (unpaired) electrons. The molecule has 1 aliphatic rings. The molecule has 4 nitrogen and oxygen atoms in total. The van der Waals surface area contributed by atoms with Crippen molar-refractivity contribution in [2.75, 3.05) is 0 Å². The number of hydrogen-bond acceptors (Lipinski definition) is 2. The third kappa shape index (κ3) is 4.13. The van der Waals surface area contributed by atoms with Crippen molar-refractivity contribution in [3.63, 3.8) is 0 Å². The van der Waals surface area contributed by atoms with Crippen LogP contribution in [0.15, 0.2) is 122 Å². The highest BCUT2D eigenvalue weighted by atomic mass is 19.4. The standard InChI is InChI=1S/C37H24F6N4/c38-36(39,40)35(37(41,42)43,23-9-13-25(14-10-23)46-31-7-3-1-5-27(31)29-21-44-19-17-33(29)46)24-11-15-26(16-12-24)47-32-8-4-2-6-28(32)30-22-45-20-18-34(30)47/h1-21,45H,22H2. The summed E-state index contributed by atoms with van der Waals surface area (Å²) in [4.78, 5) is 4.19. The van der Waals surface area contributed by atoms with Crippen LogP contribution in [-0.4, -0.2) is 26.5 Å². The highest BCUT2D eigenvalue weighted by molar-refractivity contribution is 6.08. The van der Waals surface area contributed by atoms with E-state index in [1.54, 1.807) is 29.2 Å². The Kier molecular flexibility index (Phi) is 6.31. The first-order valence-corrected chi connectivity index (χ1v) is 14.8. The topological polar surface area (TPSA) is 34.8 Å². The zero-order valence-corrected chi connectivity index (χ0v) is 24.4. The fraction of sp³-hybridized carbons (Fsp3) is 0.108. The Morgan fingerprint density at radius 3 is 1.72 bits per heavy atom. The predicted molar refractivity (Wildman–Crippen MR) is 171 cm³/mol. The van der Waals surface area contributed by atoms with Crippen molar-refractivity contribution in [3.05, 3.63) is 144 Å². The summed E-state index contributed by atoms with van der Waals surface area (Å²) in [5, 5.41) is 5.79. The number of nitrogens with zero attached hydrogens (tertiary/aromatic N) is 3. The van der Waals surface area contributed by atoms with E-state index < -0.39 is 28.9 Å². The molecule has 234 valence electrons. The summed E-state index contributed by atoms with van der Waals surface area (Å²) in [6.07, 6.45) is -4.53. The van der Waals surface area contributed by atoms with E-state index >= 15 is 26.3 Å². The number of benzene rings is 4. The number of aromatic nitrogens is 3. The fourth-order valence-corrected chi connectivity index (χ4v) is 7.06. The van der Waals surface area contributed by atoms with Crippen LogP contribution < -0.4 is 5.32 Å².